The van der Waals surface area contributed by atoms with Gasteiger partial charge in [0.25, 0.3) is 0 Å². The van der Waals surface area contributed by atoms with E-state index < -0.39 is 0 Å². The summed E-state index contributed by atoms with van der Waals surface area (Å²) in [7, 11) is 0. The van der Waals surface area contributed by atoms with Gasteiger partial charge in [0.1, 0.15) is 0 Å². The molecule has 0 spiro atoms. The molecular formula is C25H16ClI. The van der Waals surface area contributed by atoms with Gasteiger partial charge in [0.15, 0.2) is 0 Å². The second kappa shape index (κ2) is 6.50. The van der Waals surface area contributed by atoms with Crippen molar-refractivity contribution in [2.75, 3.05) is 0 Å². The molecule has 1 aliphatic carbocycles. The summed E-state index contributed by atoms with van der Waals surface area (Å²) in [6.07, 6.45) is 0. The maximum atomic E-state index is 6.50. The molecule has 0 N–H and O–H groups in total. The highest BCUT2D eigenvalue weighted by atomic mass is 127. The Bertz CT molecular complexity index is 1040. The first-order valence-electron chi connectivity index (χ1n) is 8.93. The third-order valence-corrected chi connectivity index (χ3v) is 6.38. The van der Waals surface area contributed by atoms with Gasteiger partial charge in [0.2, 0.25) is 0 Å². The first kappa shape index (κ1) is 17.0. The third kappa shape index (κ3) is 2.49. The Hall–Kier alpha value is -2.10. The van der Waals surface area contributed by atoms with Crippen LogP contribution < -0.4 is 0 Å². The summed E-state index contributed by atoms with van der Waals surface area (Å²) in [6, 6.07) is 34.6. The van der Waals surface area contributed by atoms with Gasteiger partial charge in [-0.05, 0) is 80.2 Å². The van der Waals surface area contributed by atoms with Crippen LogP contribution in [0.1, 0.15) is 22.3 Å². The highest BCUT2D eigenvalue weighted by Gasteiger charge is 2.46. The molecule has 130 valence electrons. The van der Waals surface area contributed by atoms with Gasteiger partial charge < -0.3 is 0 Å². The molecule has 0 saturated carbocycles. The molecule has 4 aromatic carbocycles. The molecule has 0 fully saturated rings. The molecule has 0 heterocycles. The SMILES string of the molecule is Clc1ccc2c(c1)C(c1ccccc1)(c1ccccc1)c1cc(I)ccc1-2. The number of hydrogen-bond acceptors (Lipinski definition) is 0. The molecule has 0 aromatic heterocycles. The van der Waals surface area contributed by atoms with Gasteiger partial charge in [0, 0.05) is 8.59 Å². The standard InChI is InChI=1S/C25H16ClI/c26-19-11-13-21-22-14-12-20(27)16-24(22)25(23(21)15-19,17-7-3-1-4-8-17)18-9-5-2-6-10-18/h1-16H. The highest BCUT2D eigenvalue weighted by Crippen LogP contribution is 2.56. The topological polar surface area (TPSA) is 0 Å². The summed E-state index contributed by atoms with van der Waals surface area (Å²) in [5.41, 5.74) is 7.29. The van der Waals surface area contributed by atoms with E-state index in [1.807, 2.05) is 6.07 Å². The van der Waals surface area contributed by atoms with Crippen LogP contribution in [0.2, 0.25) is 5.02 Å². The largest absolute Gasteiger partial charge is 0.0843 e. The van der Waals surface area contributed by atoms with E-state index in [4.69, 9.17) is 11.6 Å². The zero-order valence-electron chi connectivity index (χ0n) is 14.5. The predicted molar refractivity (Wildman–Crippen MR) is 121 cm³/mol. The van der Waals surface area contributed by atoms with Crippen LogP contribution in [0.5, 0.6) is 0 Å². The Morgan fingerprint density at radius 3 is 1.70 bits per heavy atom. The van der Waals surface area contributed by atoms with E-state index in [1.165, 1.54) is 37.0 Å². The van der Waals surface area contributed by atoms with E-state index in [0.717, 1.165) is 5.02 Å². The third-order valence-electron chi connectivity index (χ3n) is 5.48. The van der Waals surface area contributed by atoms with Crippen molar-refractivity contribution < 1.29 is 0 Å². The average molecular weight is 479 g/mol. The Balaban J connectivity index is 2.00. The van der Waals surface area contributed by atoms with Gasteiger partial charge >= 0.3 is 0 Å². The number of fused-ring (bicyclic) bond motifs is 3. The molecule has 4 aromatic rings. The fraction of sp³-hybridized carbons (Fsp3) is 0.0400. The maximum absolute atomic E-state index is 6.50. The van der Waals surface area contributed by atoms with E-state index in [9.17, 15) is 0 Å². The monoisotopic (exact) mass is 478 g/mol. The first-order valence-corrected chi connectivity index (χ1v) is 10.4. The molecule has 0 atom stereocenters. The number of rotatable bonds is 2. The summed E-state index contributed by atoms with van der Waals surface area (Å²) in [4.78, 5) is 0. The van der Waals surface area contributed by atoms with Crippen LogP contribution in [0.25, 0.3) is 11.1 Å². The van der Waals surface area contributed by atoms with Crippen LogP contribution in [0.15, 0.2) is 97.1 Å². The van der Waals surface area contributed by atoms with Crippen LogP contribution >= 0.6 is 34.2 Å². The van der Waals surface area contributed by atoms with Gasteiger partial charge in [0.05, 0.1) is 5.41 Å². The molecule has 5 rings (SSSR count). The zero-order valence-corrected chi connectivity index (χ0v) is 17.4. The van der Waals surface area contributed by atoms with Crippen LogP contribution in [0.4, 0.5) is 0 Å². The summed E-state index contributed by atoms with van der Waals surface area (Å²) < 4.78 is 1.24. The Morgan fingerprint density at radius 1 is 0.593 bits per heavy atom. The highest BCUT2D eigenvalue weighted by molar-refractivity contribution is 14.1. The molecule has 0 aliphatic heterocycles. The minimum absolute atomic E-state index is 0.362. The average Bonchev–Trinajstić information content (AvgIpc) is 2.99. The quantitative estimate of drug-likeness (QED) is 0.233. The van der Waals surface area contributed by atoms with Crippen molar-refractivity contribution >= 4 is 34.2 Å². The smallest absolute Gasteiger partial charge is 0.0714 e. The number of halogens is 2. The Labute approximate surface area is 178 Å². The second-order valence-electron chi connectivity index (χ2n) is 6.86. The predicted octanol–water partition coefficient (Wildman–Crippen LogP) is 7.31. The normalized spacial score (nSPS) is 13.9. The maximum Gasteiger partial charge on any atom is 0.0714 e. The molecule has 0 unspecified atom stereocenters. The lowest BCUT2D eigenvalue weighted by Gasteiger charge is -2.34. The van der Waals surface area contributed by atoms with E-state index in [-0.39, 0.29) is 5.41 Å². The summed E-state index contributed by atoms with van der Waals surface area (Å²) in [5.74, 6) is 0. The molecule has 0 amide bonds. The molecule has 2 heteroatoms. The Morgan fingerprint density at radius 2 is 1.11 bits per heavy atom. The van der Waals surface area contributed by atoms with Crippen molar-refractivity contribution in [1.82, 2.24) is 0 Å². The molecule has 0 bridgehead atoms. The molecule has 1 aliphatic rings. The fourth-order valence-corrected chi connectivity index (χ4v) is 5.10. The molecule has 0 radical (unpaired) electrons. The van der Waals surface area contributed by atoms with E-state index in [2.05, 4.69) is 114 Å². The summed E-state index contributed by atoms with van der Waals surface area (Å²) >= 11 is 8.91. The lowest BCUT2D eigenvalue weighted by molar-refractivity contribution is 0.768. The fourth-order valence-electron chi connectivity index (χ4n) is 4.43. The molecule has 0 nitrogen and oxygen atoms in total. The second-order valence-corrected chi connectivity index (χ2v) is 8.54. The lowest BCUT2D eigenvalue weighted by Crippen LogP contribution is -2.28. The minimum Gasteiger partial charge on any atom is -0.0843 e. The van der Waals surface area contributed by atoms with Gasteiger partial charge in [-0.15, -0.1) is 0 Å². The molecule has 0 saturated heterocycles. The van der Waals surface area contributed by atoms with Gasteiger partial charge in [-0.3, -0.25) is 0 Å². The number of benzene rings is 4. The van der Waals surface area contributed by atoms with E-state index in [1.54, 1.807) is 0 Å². The molecular weight excluding hydrogens is 463 g/mol. The summed E-state index contributed by atoms with van der Waals surface area (Å²) in [6.45, 7) is 0. The van der Waals surface area contributed by atoms with E-state index >= 15 is 0 Å². The van der Waals surface area contributed by atoms with Crippen LogP contribution in [-0.2, 0) is 5.41 Å². The van der Waals surface area contributed by atoms with Crippen molar-refractivity contribution in [3.8, 4) is 11.1 Å². The van der Waals surface area contributed by atoms with Crippen molar-refractivity contribution in [1.29, 1.82) is 0 Å². The molecule has 27 heavy (non-hydrogen) atoms. The first-order chi connectivity index (χ1) is 13.2. The van der Waals surface area contributed by atoms with Crippen LogP contribution in [0, 0.1) is 3.57 Å². The summed E-state index contributed by atoms with van der Waals surface area (Å²) in [5, 5.41) is 0.771. The minimum atomic E-state index is -0.362. The number of hydrogen-bond donors (Lipinski definition) is 0. The van der Waals surface area contributed by atoms with Gasteiger partial charge in [-0.1, -0.05) is 84.4 Å². The van der Waals surface area contributed by atoms with Crippen LogP contribution in [0.3, 0.4) is 0 Å². The van der Waals surface area contributed by atoms with Gasteiger partial charge in [-0.2, -0.15) is 0 Å². The van der Waals surface area contributed by atoms with Crippen molar-refractivity contribution in [2.45, 2.75) is 5.41 Å². The lowest BCUT2D eigenvalue weighted by atomic mass is 9.68. The van der Waals surface area contributed by atoms with E-state index in [0.29, 0.717) is 0 Å². The van der Waals surface area contributed by atoms with Gasteiger partial charge in [-0.25, -0.2) is 0 Å². The van der Waals surface area contributed by atoms with Crippen LogP contribution in [-0.4, -0.2) is 0 Å². The Kier molecular flexibility index (Phi) is 4.10. The van der Waals surface area contributed by atoms with Crippen molar-refractivity contribution in [2.24, 2.45) is 0 Å². The van der Waals surface area contributed by atoms with Crippen molar-refractivity contribution in [3.05, 3.63) is 128 Å². The zero-order chi connectivity index (χ0) is 18.4. The van der Waals surface area contributed by atoms with Crippen molar-refractivity contribution in [3.63, 3.8) is 0 Å².